The second-order valence-electron chi connectivity index (χ2n) is 4.21. The first-order valence-corrected chi connectivity index (χ1v) is 6.78. The van der Waals surface area contributed by atoms with Gasteiger partial charge in [0.2, 0.25) is 5.91 Å². The van der Waals surface area contributed by atoms with Crippen molar-refractivity contribution < 1.29 is 14.7 Å². The second-order valence-corrected chi connectivity index (χ2v) is 4.21. The Hall–Kier alpha value is -2.39. The molecule has 1 aromatic heterocycles. The van der Waals surface area contributed by atoms with Crippen LogP contribution in [0.15, 0.2) is 18.3 Å². The molecule has 2 amide bonds. The Morgan fingerprint density at radius 3 is 2.90 bits per heavy atom. The predicted molar refractivity (Wildman–Crippen MR) is 78.5 cm³/mol. The molecule has 0 aliphatic rings. The van der Waals surface area contributed by atoms with Crippen molar-refractivity contribution in [2.24, 2.45) is 0 Å². The molecular formula is C15H19N3O3. The molecule has 3 N–H and O–H groups in total. The summed E-state index contributed by atoms with van der Waals surface area (Å²) in [6.45, 7) is 2.39. The SMILES string of the molecule is CCCNC(=O)CNC(=O)c1ncccc1C#CCCO. The lowest BCUT2D eigenvalue weighted by Gasteiger charge is -2.06. The lowest BCUT2D eigenvalue weighted by Crippen LogP contribution is -2.37. The summed E-state index contributed by atoms with van der Waals surface area (Å²) < 4.78 is 0. The number of pyridine rings is 1. The molecule has 6 nitrogen and oxygen atoms in total. The van der Waals surface area contributed by atoms with Gasteiger partial charge in [-0.05, 0) is 18.6 Å². The average Bonchev–Trinajstić information content (AvgIpc) is 2.51. The van der Waals surface area contributed by atoms with E-state index in [1.165, 1.54) is 6.20 Å². The zero-order valence-electron chi connectivity index (χ0n) is 12.0. The maximum atomic E-state index is 12.0. The summed E-state index contributed by atoms with van der Waals surface area (Å²) in [4.78, 5) is 27.4. The first-order chi connectivity index (χ1) is 10.2. The second kappa shape index (κ2) is 9.50. The topological polar surface area (TPSA) is 91.3 Å². The van der Waals surface area contributed by atoms with Gasteiger partial charge >= 0.3 is 0 Å². The molecule has 0 bridgehead atoms. The van der Waals surface area contributed by atoms with Crippen molar-refractivity contribution >= 4 is 11.8 Å². The van der Waals surface area contributed by atoms with E-state index in [-0.39, 0.29) is 24.8 Å². The molecule has 1 heterocycles. The maximum absolute atomic E-state index is 12.0. The number of rotatable bonds is 6. The molecule has 1 aromatic rings. The molecule has 1 rings (SSSR count). The van der Waals surface area contributed by atoms with Gasteiger partial charge in [0.1, 0.15) is 5.69 Å². The quantitative estimate of drug-likeness (QED) is 0.646. The number of nitrogens with one attached hydrogen (secondary N) is 2. The standard InChI is InChI=1S/C15H19N3O3/c1-2-8-16-13(20)11-18-15(21)14-12(6-3-4-10-19)7-5-9-17-14/h5,7,9,19H,2,4,8,10-11H2,1H3,(H,16,20)(H,18,21). The summed E-state index contributed by atoms with van der Waals surface area (Å²) in [5.41, 5.74) is 0.642. The number of hydrogen-bond acceptors (Lipinski definition) is 4. The third-order valence-corrected chi connectivity index (χ3v) is 2.46. The van der Waals surface area contributed by atoms with Gasteiger partial charge in [0.25, 0.3) is 5.91 Å². The summed E-state index contributed by atoms with van der Waals surface area (Å²) in [6.07, 6.45) is 2.66. The highest BCUT2D eigenvalue weighted by molar-refractivity contribution is 5.96. The van der Waals surface area contributed by atoms with Crippen molar-refractivity contribution in [1.82, 2.24) is 15.6 Å². The third kappa shape index (κ3) is 6.06. The highest BCUT2D eigenvalue weighted by Crippen LogP contribution is 2.03. The number of carbonyl (C=O) groups is 2. The molecule has 0 saturated heterocycles. The van der Waals surface area contributed by atoms with Gasteiger partial charge in [-0.2, -0.15) is 0 Å². The van der Waals surface area contributed by atoms with Gasteiger partial charge in [-0.1, -0.05) is 18.8 Å². The highest BCUT2D eigenvalue weighted by atomic mass is 16.2. The van der Waals surface area contributed by atoms with E-state index in [2.05, 4.69) is 27.5 Å². The fraction of sp³-hybridized carbons (Fsp3) is 0.400. The van der Waals surface area contributed by atoms with Gasteiger partial charge in [0.15, 0.2) is 0 Å². The lowest BCUT2D eigenvalue weighted by atomic mass is 10.2. The zero-order chi connectivity index (χ0) is 15.5. The number of aromatic nitrogens is 1. The Kier molecular flexibility index (Phi) is 7.54. The number of nitrogens with zero attached hydrogens (tertiary/aromatic N) is 1. The first kappa shape index (κ1) is 16.7. The summed E-state index contributed by atoms with van der Waals surface area (Å²) in [6, 6.07) is 3.34. The van der Waals surface area contributed by atoms with Gasteiger partial charge in [-0.3, -0.25) is 9.59 Å². The van der Waals surface area contributed by atoms with Crippen LogP contribution in [-0.4, -0.2) is 41.6 Å². The van der Waals surface area contributed by atoms with E-state index < -0.39 is 5.91 Å². The number of carbonyl (C=O) groups excluding carboxylic acids is 2. The Bertz CT molecular complexity index is 547. The minimum atomic E-state index is -0.449. The molecule has 0 aliphatic heterocycles. The summed E-state index contributed by atoms with van der Waals surface area (Å²) in [5, 5.41) is 13.9. The van der Waals surface area contributed by atoms with Crippen LogP contribution in [0.4, 0.5) is 0 Å². The van der Waals surface area contributed by atoms with Crippen molar-refractivity contribution in [2.75, 3.05) is 19.7 Å². The van der Waals surface area contributed by atoms with Crippen molar-refractivity contribution in [1.29, 1.82) is 0 Å². The fourth-order valence-corrected chi connectivity index (χ4v) is 1.47. The molecule has 112 valence electrons. The molecule has 0 fully saturated rings. The van der Waals surface area contributed by atoms with Gasteiger partial charge in [0.05, 0.1) is 18.7 Å². The van der Waals surface area contributed by atoms with E-state index in [0.717, 1.165) is 6.42 Å². The maximum Gasteiger partial charge on any atom is 0.271 e. The minimum absolute atomic E-state index is 0.0353. The van der Waals surface area contributed by atoms with Gasteiger partial charge in [-0.15, -0.1) is 0 Å². The Morgan fingerprint density at radius 2 is 2.19 bits per heavy atom. The Morgan fingerprint density at radius 1 is 1.38 bits per heavy atom. The van der Waals surface area contributed by atoms with E-state index in [1.807, 2.05) is 6.92 Å². The molecule has 0 spiro atoms. The van der Waals surface area contributed by atoms with E-state index in [4.69, 9.17) is 5.11 Å². The number of aliphatic hydroxyl groups excluding tert-OH is 1. The van der Waals surface area contributed by atoms with Crippen LogP contribution in [0.25, 0.3) is 0 Å². The van der Waals surface area contributed by atoms with Crippen LogP contribution in [0.2, 0.25) is 0 Å². The Labute approximate surface area is 124 Å². The Balaban J connectivity index is 2.66. The van der Waals surface area contributed by atoms with Crippen LogP contribution in [0, 0.1) is 11.8 Å². The van der Waals surface area contributed by atoms with Crippen molar-refractivity contribution in [3.05, 3.63) is 29.6 Å². The van der Waals surface area contributed by atoms with E-state index >= 15 is 0 Å². The van der Waals surface area contributed by atoms with E-state index in [9.17, 15) is 9.59 Å². The van der Waals surface area contributed by atoms with Crippen molar-refractivity contribution in [3.8, 4) is 11.8 Å². The van der Waals surface area contributed by atoms with Crippen molar-refractivity contribution in [2.45, 2.75) is 19.8 Å². The molecule has 0 saturated carbocycles. The number of amides is 2. The van der Waals surface area contributed by atoms with Crippen LogP contribution < -0.4 is 10.6 Å². The lowest BCUT2D eigenvalue weighted by molar-refractivity contribution is -0.120. The number of hydrogen-bond donors (Lipinski definition) is 3. The third-order valence-electron chi connectivity index (χ3n) is 2.46. The molecule has 21 heavy (non-hydrogen) atoms. The molecular weight excluding hydrogens is 270 g/mol. The predicted octanol–water partition coefficient (Wildman–Crippen LogP) is 0.0715. The monoisotopic (exact) mass is 289 g/mol. The van der Waals surface area contributed by atoms with Crippen LogP contribution in [-0.2, 0) is 4.79 Å². The highest BCUT2D eigenvalue weighted by Gasteiger charge is 2.12. The fourth-order valence-electron chi connectivity index (χ4n) is 1.47. The summed E-state index contributed by atoms with van der Waals surface area (Å²) in [7, 11) is 0. The zero-order valence-corrected chi connectivity index (χ0v) is 12.0. The molecule has 0 radical (unpaired) electrons. The van der Waals surface area contributed by atoms with Crippen LogP contribution >= 0.6 is 0 Å². The smallest absolute Gasteiger partial charge is 0.271 e. The van der Waals surface area contributed by atoms with Crippen LogP contribution in [0.1, 0.15) is 35.8 Å². The molecule has 0 unspecified atom stereocenters. The normalized spacial score (nSPS) is 9.43. The van der Waals surface area contributed by atoms with Crippen LogP contribution in [0.5, 0.6) is 0 Å². The van der Waals surface area contributed by atoms with Gasteiger partial charge < -0.3 is 15.7 Å². The molecule has 6 heteroatoms. The van der Waals surface area contributed by atoms with Crippen molar-refractivity contribution in [3.63, 3.8) is 0 Å². The van der Waals surface area contributed by atoms with Crippen LogP contribution in [0.3, 0.4) is 0 Å². The molecule has 0 atom stereocenters. The number of aliphatic hydroxyl groups is 1. The minimum Gasteiger partial charge on any atom is -0.395 e. The first-order valence-electron chi connectivity index (χ1n) is 6.78. The largest absolute Gasteiger partial charge is 0.395 e. The van der Waals surface area contributed by atoms with E-state index in [1.54, 1.807) is 12.1 Å². The average molecular weight is 289 g/mol. The summed E-state index contributed by atoms with van der Waals surface area (Å²) >= 11 is 0. The summed E-state index contributed by atoms with van der Waals surface area (Å²) in [5.74, 6) is 4.83. The molecule has 0 aromatic carbocycles. The molecule has 0 aliphatic carbocycles. The van der Waals surface area contributed by atoms with Gasteiger partial charge in [-0.25, -0.2) is 4.98 Å². The van der Waals surface area contributed by atoms with Gasteiger partial charge in [0, 0.05) is 19.2 Å². The van der Waals surface area contributed by atoms with E-state index in [0.29, 0.717) is 18.5 Å².